The van der Waals surface area contributed by atoms with E-state index < -0.39 is 17.4 Å². The molecule has 44 heavy (non-hydrogen) atoms. The number of fused-ring (bicyclic) bond motifs is 1. The molecule has 3 aromatic rings. The van der Waals surface area contributed by atoms with Gasteiger partial charge < -0.3 is 25.0 Å². The zero-order valence-electron chi connectivity index (χ0n) is 24.6. The van der Waals surface area contributed by atoms with Gasteiger partial charge in [-0.3, -0.25) is 9.69 Å². The molecule has 2 aliphatic heterocycles. The second kappa shape index (κ2) is 13.1. The third-order valence-electron chi connectivity index (χ3n) is 8.01. The molecule has 2 aliphatic rings. The number of pyridine rings is 1. The number of ether oxygens (including phenoxy) is 2. The van der Waals surface area contributed by atoms with Crippen LogP contribution in [0.25, 0.3) is 22.2 Å². The Hall–Kier alpha value is -3.68. The van der Waals surface area contributed by atoms with Crippen molar-refractivity contribution < 1.29 is 27.4 Å². The fourth-order valence-electron chi connectivity index (χ4n) is 5.84. The molecule has 0 unspecified atom stereocenters. The zero-order chi connectivity index (χ0) is 31.6. The summed E-state index contributed by atoms with van der Waals surface area (Å²) in [6, 6.07) is 5.22. The van der Waals surface area contributed by atoms with E-state index in [1.54, 1.807) is 18.1 Å². The monoisotopic (exact) mass is 633 g/mol. The van der Waals surface area contributed by atoms with Crippen LogP contribution in [-0.2, 0) is 15.7 Å². The summed E-state index contributed by atoms with van der Waals surface area (Å²) in [6.07, 6.45) is -2.47. The lowest BCUT2D eigenvalue weighted by Crippen LogP contribution is -2.48. The Morgan fingerprint density at radius 3 is 2.61 bits per heavy atom. The topological polar surface area (TPSA) is 110 Å². The van der Waals surface area contributed by atoms with Crippen molar-refractivity contribution in [1.82, 2.24) is 24.8 Å². The molecule has 0 spiro atoms. The summed E-state index contributed by atoms with van der Waals surface area (Å²) in [5.41, 5.74) is 4.80. The number of hydrogen-bond acceptors (Lipinski definition) is 9. The summed E-state index contributed by atoms with van der Waals surface area (Å²) >= 11 is 6.63. The van der Waals surface area contributed by atoms with Crippen LogP contribution in [0.1, 0.15) is 18.9 Å². The van der Waals surface area contributed by atoms with Gasteiger partial charge in [0.05, 0.1) is 28.4 Å². The van der Waals surface area contributed by atoms with E-state index in [0.29, 0.717) is 62.0 Å². The number of carbonyl (C=O) groups excluding carboxylic acids is 1. The van der Waals surface area contributed by atoms with Crippen LogP contribution in [0.5, 0.6) is 6.01 Å². The Morgan fingerprint density at radius 1 is 1.18 bits per heavy atom. The lowest BCUT2D eigenvalue weighted by Gasteiger charge is -2.35. The van der Waals surface area contributed by atoms with E-state index in [-0.39, 0.29) is 34.4 Å². The molecule has 2 saturated heterocycles. The lowest BCUT2D eigenvalue weighted by molar-refractivity contribution is -0.137. The minimum Gasteiger partial charge on any atom is -0.462 e. The normalized spacial score (nSPS) is 19.5. The van der Waals surface area contributed by atoms with Crippen molar-refractivity contribution in [2.75, 3.05) is 70.2 Å². The minimum atomic E-state index is -4.69. The number of nitrogens with two attached hydrogens (primary N) is 1. The third kappa shape index (κ3) is 6.84. The Kier molecular flexibility index (Phi) is 9.47. The molecule has 2 atom stereocenters. The first-order chi connectivity index (χ1) is 21.0. The minimum absolute atomic E-state index is 0.0335. The highest BCUT2D eigenvalue weighted by molar-refractivity contribution is 6.34. The van der Waals surface area contributed by atoms with E-state index in [2.05, 4.69) is 28.4 Å². The maximum Gasteiger partial charge on any atom is 0.418 e. The number of carbonyl (C=O) groups is 1. The number of piperazine rings is 1. The maximum atomic E-state index is 14.0. The summed E-state index contributed by atoms with van der Waals surface area (Å²) in [5.74, 6) is 0.762. The van der Waals surface area contributed by atoms with E-state index in [0.717, 1.165) is 31.6 Å². The van der Waals surface area contributed by atoms with Crippen LogP contribution in [0.4, 0.5) is 24.8 Å². The molecule has 10 nitrogen and oxygen atoms in total. The van der Waals surface area contributed by atoms with Gasteiger partial charge in [-0.15, -0.1) is 0 Å². The van der Waals surface area contributed by atoms with Crippen molar-refractivity contribution in [3.63, 3.8) is 0 Å². The van der Waals surface area contributed by atoms with Crippen LogP contribution in [0.15, 0.2) is 36.9 Å². The van der Waals surface area contributed by atoms with Crippen LogP contribution >= 0.6 is 11.6 Å². The average molecular weight is 634 g/mol. The predicted molar refractivity (Wildman–Crippen MR) is 163 cm³/mol. The number of rotatable bonds is 9. The molecular weight excluding hydrogens is 599 g/mol. The second-order valence-corrected chi connectivity index (χ2v) is 11.5. The molecule has 236 valence electrons. The van der Waals surface area contributed by atoms with Gasteiger partial charge in [-0.25, -0.2) is 4.98 Å². The molecule has 1 amide bonds. The number of nitrogen functional groups attached to an aromatic ring is 1. The van der Waals surface area contributed by atoms with Gasteiger partial charge in [0, 0.05) is 63.4 Å². The van der Waals surface area contributed by atoms with Crippen molar-refractivity contribution in [3.05, 3.63) is 47.5 Å². The van der Waals surface area contributed by atoms with Crippen molar-refractivity contribution in [3.8, 4) is 17.3 Å². The van der Waals surface area contributed by atoms with Crippen LogP contribution in [0, 0.1) is 5.92 Å². The molecule has 4 heterocycles. The number of alkyl halides is 3. The molecule has 2 fully saturated rings. The van der Waals surface area contributed by atoms with E-state index in [9.17, 15) is 18.0 Å². The van der Waals surface area contributed by atoms with Gasteiger partial charge in [0.15, 0.2) is 0 Å². The van der Waals surface area contributed by atoms with Crippen LogP contribution in [-0.4, -0.2) is 96.3 Å². The SMILES string of the molecule is C=CC(=O)N1CCN(c2nc(OC[C@@H]3C[C@@H](C)CN3CCOC)nc3cc(-c4nc(N)ccc4C(F)(F)F)c(Cl)cc23)CC1. The fraction of sp³-hybridized carbons (Fsp3) is 0.467. The molecule has 2 N–H and O–H groups in total. The first kappa shape index (κ1) is 31.7. The molecule has 5 rings (SSSR count). The smallest absolute Gasteiger partial charge is 0.418 e. The number of likely N-dealkylation sites (tertiary alicyclic amines) is 1. The summed E-state index contributed by atoms with van der Waals surface area (Å²) in [4.78, 5) is 31.5. The first-order valence-corrected chi connectivity index (χ1v) is 14.7. The Morgan fingerprint density at radius 2 is 1.93 bits per heavy atom. The Bertz CT molecular complexity index is 1530. The number of amides is 1. The highest BCUT2D eigenvalue weighted by Crippen LogP contribution is 2.41. The Labute approximate surface area is 258 Å². The van der Waals surface area contributed by atoms with E-state index >= 15 is 0 Å². The Balaban J connectivity index is 1.55. The van der Waals surface area contributed by atoms with Crippen molar-refractivity contribution in [2.24, 2.45) is 5.92 Å². The third-order valence-corrected chi connectivity index (χ3v) is 8.32. The number of aromatic nitrogens is 3. The number of nitrogens with zero attached hydrogens (tertiary/aromatic N) is 6. The van der Waals surface area contributed by atoms with Crippen molar-refractivity contribution in [1.29, 1.82) is 0 Å². The van der Waals surface area contributed by atoms with Crippen molar-refractivity contribution >= 4 is 40.0 Å². The van der Waals surface area contributed by atoms with Crippen molar-refractivity contribution in [2.45, 2.75) is 25.6 Å². The molecule has 0 aliphatic carbocycles. The van der Waals surface area contributed by atoms with E-state index in [4.69, 9.17) is 31.8 Å². The van der Waals surface area contributed by atoms with Crippen LogP contribution in [0.3, 0.4) is 0 Å². The lowest BCUT2D eigenvalue weighted by atomic mass is 10.0. The van der Waals surface area contributed by atoms with Gasteiger partial charge in [0.1, 0.15) is 18.2 Å². The highest BCUT2D eigenvalue weighted by atomic mass is 35.5. The number of halogens is 4. The summed E-state index contributed by atoms with van der Waals surface area (Å²) in [6.45, 7) is 10.2. The predicted octanol–water partition coefficient (Wildman–Crippen LogP) is 4.52. The summed E-state index contributed by atoms with van der Waals surface area (Å²) < 4.78 is 53.3. The zero-order valence-corrected chi connectivity index (χ0v) is 25.4. The van der Waals surface area contributed by atoms with E-state index in [1.807, 2.05) is 4.90 Å². The highest BCUT2D eigenvalue weighted by Gasteiger charge is 2.36. The molecule has 0 saturated carbocycles. The van der Waals surface area contributed by atoms with Crippen LogP contribution < -0.4 is 15.4 Å². The molecule has 14 heteroatoms. The van der Waals surface area contributed by atoms with Gasteiger partial charge in [0.25, 0.3) is 0 Å². The summed E-state index contributed by atoms with van der Waals surface area (Å²) in [7, 11) is 1.67. The maximum absolute atomic E-state index is 14.0. The second-order valence-electron chi connectivity index (χ2n) is 11.1. The summed E-state index contributed by atoms with van der Waals surface area (Å²) in [5, 5.41) is 0.567. The molecule has 0 bridgehead atoms. The van der Waals surface area contributed by atoms with E-state index in [1.165, 1.54) is 12.1 Å². The molecule has 2 aromatic heterocycles. The fourth-order valence-corrected chi connectivity index (χ4v) is 6.09. The van der Waals surface area contributed by atoms with Gasteiger partial charge in [0.2, 0.25) is 5.91 Å². The number of benzene rings is 1. The van der Waals surface area contributed by atoms with Gasteiger partial charge >= 0.3 is 12.2 Å². The van der Waals surface area contributed by atoms with Crippen LogP contribution in [0.2, 0.25) is 5.02 Å². The largest absolute Gasteiger partial charge is 0.462 e. The standard InChI is InChI=1S/C30H35ClF3N7O3/c1-4-26(42)39-7-9-40(10-8-39)28-21-14-23(31)20(27-22(30(32,33)34)5-6-25(35)37-27)15-24(21)36-29(38-28)44-17-19-13-18(2)16-41(19)11-12-43-3/h4-6,14-15,18-19H,1,7-13,16-17H2,2-3H3,(H2,35,37)/t18-,19+/m1/s1. The molecule has 0 radical (unpaired) electrons. The molecular formula is C30H35ClF3N7O3. The number of methoxy groups -OCH3 is 1. The average Bonchev–Trinajstić information content (AvgIpc) is 3.36. The number of hydrogen-bond donors (Lipinski definition) is 1. The number of anilines is 2. The quantitative estimate of drug-likeness (QED) is 0.340. The van der Waals surface area contributed by atoms with Gasteiger partial charge in [-0.05, 0) is 42.7 Å². The molecule has 1 aromatic carbocycles. The van der Waals surface area contributed by atoms with Gasteiger partial charge in [-0.2, -0.15) is 23.1 Å². The first-order valence-electron chi connectivity index (χ1n) is 14.4. The van der Waals surface area contributed by atoms with Gasteiger partial charge in [-0.1, -0.05) is 25.1 Å².